The SMILES string of the molecule is CC[C@H]1CCCCN(C(=O)C(C)C)C1. The van der Waals surface area contributed by atoms with Crippen LogP contribution in [0.15, 0.2) is 0 Å². The van der Waals surface area contributed by atoms with Gasteiger partial charge in [0, 0.05) is 19.0 Å². The fourth-order valence-electron chi connectivity index (χ4n) is 2.13. The molecule has 1 rings (SSSR count). The molecule has 0 aromatic heterocycles. The lowest BCUT2D eigenvalue weighted by molar-refractivity contribution is -0.134. The Morgan fingerprint density at radius 1 is 1.43 bits per heavy atom. The number of amides is 1. The lowest BCUT2D eigenvalue weighted by Gasteiger charge is -2.25. The molecule has 0 saturated carbocycles. The standard InChI is InChI=1S/C12H23NO/c1-4-11-7-5-6-8-13(9-11)12(14)10(2)3/h10-11H,4-9H2,1-3H3/t11-/m0/s1. The second-order valence-electron chi connectivity index (χ2n) is 4.71. The predicted octanol–water partition coefficient (Wildman–Crippen LogP) is 2.68. The summed E-state index contributed by atoms with van der Waals surface area (Å²) in [5.41, 5.74) is 0. The molecule has 0 radical (unpaired) electrons. The highest BCUT2D eigenvalue weighted by molar-refractivity contribution is 5.78. The molecule has 0 aliphatic carbocycles. The Morgan fingerprint density at radius 2 is 2.14 bits per heavy atom. The zero-order valence-electron chi connectivity index (χ0n) is 9.75. The molecule has 2 heteroatoms. The van der Waals surface area contributed by atoms with Crippen LogP contribution in [-0.4, -0.2) is 23.9 Å². The van der Waals surface area contributed by atoms with Crippen molar-refractivity contribution < 1.29 is 4.79 Å². The van der Waals surface area contributed by atoms with Gasteiger partial charge in [-0.3, -0.25) is 4.79 Å². The molecule has 0 N–H and O–H groups in total. The van der Waals surface area contributed by atoms with Gasteiger partial charge in [-0.1, -0.05) is 33.6 Å². The van der Waals surface area contributed by atoms with Gasteiger partial charge in [-0.05, 0) is 18.8 Å². The third kappa shape index (κ3) is 3.00. The van der Waals surface area contributed by atoms with Crippen LogP contribution >= 0.6 is 0 Å². The van der Waals surface area contributed by atoms with Crippen LogP contribution in [0.2, 0.25) is 0 Å². The molecule has 0 aromatic rings. The monoisotopic (exact) mass is 197 g/mol. The molecule has 0 bridgehead atoms. The number of hydrogen-bond acceptors (Lipinski definition) is 1. The van der Waals surface area contributed by atoms with Crippen LogP contribution in [0.5, 0.6) is 0 Å². The first-order valence-electron chi connectivity index (χ1n) is 5.94. The summed E-state index contributed by atoms with van der Waals surface area (Å²) in [5.74, 6) is 1.23. The molecule has 1 aliphatic rings. The van der Waals surface area contributed by atoms with Crippen molar-refractivity contribution in [2.24, 2.45) is 11.8 Å². The van der Waals surface area contributed by atoms with E-state index in [1.807, 2.05) is 13.8 Å². The van der Waals surface area contributed by atoms with Crippen LogP contribution in [0.25, 0.3) is 0 Å². The molecule has 1 saturated heterocycles. The van der Waals surface area contributed by atoms with Gasteiger partial charge < -0.3 is 4.90 Å². The maximum absolute atomic E-state index is 11.8. The number of carbonyl (C=O) groups excluding carboxylic acids is 1. The summed E-state index contributed by atoms with van der Waals surface area (Å²) < 4.78 is 0. The molecule has 82 valence electrons. The van der Waals surface area contributed by atoms with Crippen LogP contribution in [0, 0.1) is 11.8 Å². The van der Waals surface area contributed by atoms with E-state index in [0.717, 1.165) is 19.0 Å². The van der Waals surface area contributed by atoms with Crippen LogP contribution in [-0.2, 0) is 4.79 Å². The van der Waals surface area contributed by atoms with Gasteiger partial charge in [0.1, 0.15) is 0 Å². The Kier molecular flexibility index (Phi) is 4.43. The van der Waals surface area contributed by atoms with Crippen molar-refractivity contribution in [2.45, 2.75) is 46.5 Å². The summed E-state index contributed by atoms with van der Waals surface area (Å²) in [4.78, 5) is 13.9. The normalized spacial score (nSPS) is 23.7. The van der Waals surface area contributed by atoms with Crippen LogP contribution < -0.4 is 0 Å². The smallest absolute Gasteiger partial charge is 0.225 e. The minimum absolute atomic E-state index is 0.158. The number of hydrogen-bond donors (Lipinski definition) is 0. The van der Waals surface area contributed by atoms with Crippen LogP contribution in [0.1, 0.15) is 46.5 Å². The van der Waals surface area contributed by atoms with Gasteiger partial charge in [-0.2, -0.15) is 0 Å². The lowest BCUT2D eigenvalue weighted by atomic mass is 10.0. The van der Waals surface area contributed by atoms with Crippen molar-refractivity contribution in [3.8, 4) is 0 Å². The average molecular weight is 197 g/mol. The van der Waals surface area contributed by atoms with Gasteiger partial charge in [0.25, 0.3) is 0 Å². The number of rotatable bonds is 2. The van der Waals surface area contributed by atoms with Gasteiger partial charge in [-0.25, -0.2) is 0 Å². The summed E-state index contributed by atoms with van der Waals surface area (Å²) in [5, 5.41) is 0. The summed E-state index contributed by atoms with van der Waals surface area (Å²) in [7, 11) is 0. The molecule has 0 spiro atoms. The van der Waals surface area contributed by atoms with E-state index in [1.165, 1.54) is 25.7 Å². The molecule has 14 heavy (non-hydrogen) atoms. The highest BCUT2D eigenvalue weighted by Gasteiger charge is 2.22. The average Bonchev–Trinajstić information content (AvgIpc) is 2.41. The number of likely N-dealkylation sites (tertiary alicyclic amines) is 1. The minimum atomic E-state index is 0.158. The van der Waals surface area contributed by atoms with Crippen LogP contribution in [0.4, 0.5) is 0 Å². The topological polar surface area (TPSA) is 20.3 Å². The van der Waals surface area contributed by atoms with E-state index in [2.05, 4.69) is 11.8 Å². The first kappa shape index (κ1) is 11.5. The van der Waals surface area contributed by atoms with Crippen molar-refractivity contribution in [1.29, 1.82) is 0 Å². The van der Waals surface area contributed by atoms with Crippen LogP contribution in [0.3, 0.4) is 0 Å². The highest BCUT2D eigenvalue weighted by Crippen LogP contribution is 2.20. The maximum atomic E-state index is 11.8. The Hall–Kier alpha value is -0.530. The van der Waals surface area contributed by atoms with E-state index >= 15 is 0 Å². The molecule has 0 aromatic carbocycles. The Labute approximate surface area is 87.7 Å². The van der Waals surface area contributed by atoms with E-state index in [-0.39, 0.29) is 5.92 Å². The molecule has 0 unspecified atom stereocenters. The van der Waals surface area contributed by atoms with Gasteiger partial charge in [0.05, 0.1) is 0 Å². The van der Waals surface area contributed by atoms with E-state index < -0.39 is 0 Å². The molecular formula is C12H23NO. The number of nitrogens with zero attached hydrogens (tertiary/aromatic N) is 1. The fraction of sp³-hybridized carbons (Fsp3) is 0.917. The molecule has 1 atom stereocenters. The van der Waals surface area contributed by atoms with Gasteiger partial charge in [0.15, 0.2) is 0 Å². The van der Waals surface area contributed by atoms with Crippen molar-refractivity contribution in [3.63, 3.8) is 0 Å². The predicted molar refractivity (Wildman–Crippen MR) is 59.1 cm³/mol. The third-order valence-electron chi connectivity index (χ3n) is 3.15. The minimum Gasteiger partial charge on any atom is -0.342 e. The van der Waals surface area contributed by atoms with E-state index in [9.17, 15) is 4.79 Å². The van der Waals surface area contributed by atoms with Crippen molar-refractivity contribution in [3.05, 3.63) is 0 Å². The first-order valence-corrected chi connectivity index (χ1v) is 5.94. The van der Waals surface area contributed by atoms with Crippen molar-refractivity contribution in [1.82, 2.24) is 4.90 Å². The molecule has 1 fully saturated rings. The second kappa shape index (κ2) is 5.38. The maximum Gasteiger partial charge on any atom is 0.225 e. The highest BCUT2D eigenvalue weighted by atomic mass is 16.2. The zero-order valence-corrected chi connectivity index (χ0v) is 9.75. The molecule has 2 nitrogen and oxygen atoms in total. The summed E-state index contributed by atoms with van der Waals surface area (Å²) in [6.07, 6.45) is 5.00. The Morgan fingerprint density at radius 3 is 2.71 bits per heavy atom. The largest absolute Gasteiger partial charge is 0.342 e. The van der Waals surface area contributed by atoms with Gasteiger partial charge >= 0.3 is 0 Å². The quantitative estimate of drug-likeness (QED) is 0.666. The second-order valence-corrected chi connectivity index (χ2v) is 4.71. The first-order chi connectivity index (χ1) is 6.65. The van der Waals surface area contributed by atoms with E-state index in [4.69, 9.17) is 0 Å². The number of carbonyl (C=O) groups is 1. The van der Waals surface area contributed by atoms with Crippen molar-refractivity contribution in [2.75, 3.05) is 13.1 Å². The van der Waals surface area contributed by atoms with Crippen molar-refractivity contribution >= 4 is 5.91 Å². The summed E-state index contributed by atoms with van der Waals surface area (Å²) in [6.45, 7) is 8.19. The van der Waals surface area contributed by atoms with E-state index in [0.29, 0.717) is 5.91 Å². The Balaban J connectivity index is 2.54. The third-order valence-corrected chi connectivity index (χ3v) is 3.15. The van der Waals surface area contributed by atoms with Gasteiger partial charge in [0.2, 0.25) is 5.91 Å². The van der Waals surface area contributed by atoms with Gasteiger partial charge in [-0.15, -0.1) is 0 Å². The fourth-order valence-corrected chi connectivity index (χ4v) is 2.13. The lowest BCUT2D eigenvalue weighted by Crippen LogP contribution is -2.37. The van der Waals surface area contributed by atoms with E-state index in [1.54, 1.807) is 0 Å². The Bertz CT molecular complexity index is 189. The molecule has 1 heterocycles. The zero-order chi connectivity index (χ0) is 10.6. The summed E-state index contributed by atoms with van der Waals surface area (Å²) in [6, 6.07) is 0. The summed E-state index contributed by atoms with van der Waals surface area (Å²) >= 11 is 0. The molecular weight excluding hydrogens is 174 g/mol. The molecule has 1 aliphatic heterocycles. The molecule has 1 amide bonds.